The van der Waals surface area contributed by atoms with Gasteiger partial charge in [-0.15, -0.1) is 0 Å². The molecule has 0 aromatic heterocycles. The molecule has 0 aliphatic carbocycles. The zero-order chi connectivity index (χ0) is 15.5. The molecular formula is C15H13ClN2O2S. The summed E-state index contributed by atoms with van der Waals surface area (Å²) in [4.78, 5) is -0.0362. The number of hydrogen-bond donors (Lipinski definition) is 1. The van der Waals surface area contributed by atoms with Crippen molar-refractivity contribution >= 4 is 21.6 Å². The third kappa shape index (κ3) is 3.61. The number of nitriles is 1. The Morgan fingerprint density at radius 2 is 1.86 bits per heavy atom. The normalized spacial score (nSPS) is 12.6. The molecule has 0 aliphatic heterocycles. The van der Waals surface area contributed by atoms with Gasteiger partial charge in [-0.3, -0.25) is 0 Å². The minimum atomic E-state index is -3.75. The second kappa shape index (κ2) is 6.27. The van der Waals surface area contributed by atoms with Gasteiger partial charge in [-0.1, -0.05) is 41.9 Å². The summed E-state index contributed by atoms with van der Waals surface area (Å²) in [5, 5.41) is 8.81. The molecule has 2 aromatic carbocycles. The van der Waals surface area contributed by atoms with Gasteiger partial charge in [0.25, 0.3) is 0 Å². The van der Waals surface area contributed by atoms with Gasteiger partial charge in [0.05, 0.1) is 16.7 Å². The summed E-state index contributed by atoms with van der Waals surface area (Å²) in [7, 11) is -3.75. The number of benzene rings is 2. The third-order valence-electron chi connectivity index (χ3n) is 2.98. The van der Waals surface area contributed by atoms with Crippen LogP contribution < -0.4 is 4.72 Å². The van der Waals surface area contributed by atoms with E-state index in [-0.39, 0.29) is 16.0 Å². The highest BCUT2D eigenvalue weighted by molar-refractivity contribution is 7.89. The molecule has 0 aliphatic rings. The van der Waals surface area contributed by atoms with E-state index >= 15 is 0 Å². The van der Waals surface area contributed by atoms with Gasteiger partial charge in [-0.2, -0.15) is 5.26 Å². The van der Waals surface area contributed by atoms with E-state index in [1.165, 1.54) is 18.2 Å². The number of rotatable bonds is 4. The largest absolute Gasteiger partial charge is 0.242 e. The second-order valence-corrected chi connectivity index (χ2v) is 6.60. The quantitative estimate of drug-likeness (QED) is 0.940. The van der Waals surface area contributed by atoms with Crippen LogP contribution in [0.5, 0.6) is 0 Å². The van der Waals surface area contributed by atoms with Crippen LogP contribution >= 0.6 is 11.6 Å². The van der Waals surface area contributed by atoms with E-state index < -0.39 is 10.0 Å². The molecule has 0 saturated carbocycles. The highest BCUT2D eigenvalue weighted by atomic mass is 35.5. The van der Waals surface area contributed by atoms with Crippen molar-refractivity contribution in [3.05, 3.63) is 64.7 Å². The molecule has 0 spiro atoms. The Balaban J connectivity index is 2.29. The molecule has 1 unspecified atom stereocenters. The molecular weight excluding hydrogens is 308 g/mol. The highest BCUT2D eigenvalue weighted by Crippen LogP contribution is 2.24. The van der Waals surface area contributed by atoms with Crippen LogP contribution in [-0.2, 0) is 10.0 Å². The van der Waals surface area contributed by atoms with Crippen LogP contribution in [0.2, 0.25) is 5.02 Å². The SMILES string of the molecule is CC(NS(=O)(=O)c1ccc(C#N)cc1Cl)c1ccccc1. The summed E-state index contributed by atoms with van der Waals surface area (Å²) in [5.74, 6) is 0. The predicted octanol–water partition coefficient (Wildman–Crippen LogP) is 3.25. The Morgan fingerprint density at radius 1 is 1.19 bits per heavy atom. The van der Waals surface area contributed by atoms with Gasteiger partial charge in [-0.25, -0.2) is 13.1 Å². The fraction of sp³-hybridized carbons (Fsp3) is 0.133. The van der Waals surface area contributed by atoms with Crippen molar-refractivity contribution in [1.82, 2.24) is 4.72 Å². The Morgan fingerprint density at radius 3 is 2.43 bits per heavy atom. The lowest BCUT2D eigenvalue weighted by molar-refractivity contribution is 0.567. The van der Waals surface area contributed by atoms with Gasteiger partial charge in [-0.05, 0) is 30.7 Å². The summed E-state index contributed by atoms with van der Waals surface area (Å²) >= 11 is 5.95. The molecule has 0 heterocycles. The van der Waals surface area contributed by atoms with Crippen molar-refractivity contribution in [2.24, 2.45) is 0 Å². The smallest absolute Gasteiger partial charge is 0.207 e. The molecule has 1 N–H and O–H groups in total. The van der Waals surface area contributed by atoms with Crippen LogP contribution in [-0.4, -0.2) is 8.42 Å². The second-order valence-electron chi connectivity index (χ2n) is 4.51. The monoisotopic (exact) mass is 320 g/mol. The van der Waals surface area contributed by atoms with E-state index in [1.807, 2.05) is 36.4 Å². The van der Waals surface area contributed by atoms with Gasteiger partial charge in [0, 0.05) is 6.04 Å². The van der Waals surface area contributed by atoms with Gasteiger partial charge in [0.15, 0.2) is 0 Å². The first kappa shape index (κ1) is 15.5. The minimum absolute atomic E-state index is 0.0295. The lowest BCUT2D eigenvalue weighted by Crippen LogP contribution is -2.27. The van der Waals surface area contributed by atoms with Crippen molar-refractivity contribution in [2.75, 3.05) is 0 Å². The molecule has 0 radical (unpaired) electrons. The maximum absolute atomic E-state index is 12.4. The third-order valence-corrected chi connectivity index (χ3v) is 5.01. The molecule has 0 saturated heterocycles. The molecule has 4 nitrogen and oxygen atoms in total. The first-order valence-electron chi connectivity index (χ1n) is 6.21. The summed E-state index contributed by atoms with van der Waals surface area (Å²) < 4.78 is 27.3. The van der Waals surface area contributed by atoms with Gasteiger partial charge < -0.3 is 0 Å². The average Bonchev–Trinajstić information content (AvgIpc) is 2.47. The molecule has 0 amide bonds. The van der Waals surface area contributed by atoms with Gasteiger partial charge >= 0.3 is 0 Å². The van der Waals surface area contributed by atoms with Crippen LogP contribution in [0.25, 0.3) is 0 Å². The topological polar surface area (TPSA) is 70.0 Å². The molecule has 6 heteroatoms. The summed E-state index contributed by atoms with van der Waals surface area (Å²) in [6.45, 7) is 1.75. The van der Waals surface area contributed by atoms with Crippen molar-refractivity contribution in [1.29, 1.82) is 5.26 Å². The molecule has 21 heavy (non-hydrogen) atoms. The number of hydrogen-bond acceptors (Lipinski definition) is 3. The average molecular weight is 321 g/mol. The van der Waals surface area contributed by atoms with Crippen LogP contribution in [0.15, 0.2) is 53.4 Å². The first-order chi connectivity index (χ1) is 9.94. The summed E-state index contributed by atoms with van der Waals surface area (Å²) in [6.07, 6.45) is 0. The Hall–Kier alpha value is -1.87. The molecule has 0 bridgehead atoms. The Bertz CT molecular complexity index is 783. The zero-order valence-electron chi connectivity index (χ0n) is 11.2. The Kier molecular flexibility index (Phi) is 4.63. The van der Waals surface area contributed by atoms with Crippen molar-refractivity contribution in [2.45, 2.75) is 17.9 Å². The van der Waals surface area contributed by atoms with Gasteiger partial charge in [0.2, 0.25) is 10.0 Å². The van der Waals surface area contributed by atoms with E-state index in [0.717, 1.165) is 5.56 Å². The maximum Gasteiger partial charge on any atom is 0.242 e. The molecule has 1 atom stereocenters. The molecule has 0 fully saturated rings. The maximum atomic E-state index is 12.4. The number of nitrogens with one attached hydrogen (secondary N) is 1. The fourth-order valence-electron chi connectivity index (χ4n) is 1.89. The Labute approximate surface area is 129 Å². The van der Waals surface area contributed by atoms with E-state index in [2.05, 4.69) is 4.72 Å². The number of nitrogens with zero attached hydrogens (tertiary/aromatic N) is 1. The van der Waals surface area contributed by atoms with Crippen molar-refractivity contribution < 1.29 is 8.42 Å². The fourth-order valence-corrected chi connectivity index (χ4v) is 3.67. The first-order valence-corrected chi connectivity index (χ1v) is 8.07. The van der Waals surface area contributed by atoms with E-state index in [9.17, 15) is 8.42 Å². The number of sulfonamides is 1. The lowest BCUT2D eigenvalue weighted by atomic mass is 10.1. The minimum Gasteiger partial charge on any atom is -0.207 e. The molecule has 2 aromatic rings. The van der Waals surface area contributed by atoms with Crippen LogP contribution in [0, 0.1) is 11.3 Å². The van der Waals surface area contributed by atoms with E-state index in [4.69, 9.17) is 16.9 Å². The molecule has 108 valence electrons. The highest BCUT2D eigenvalue weighted by Gasteiger charge is 2.21. The number of halogens is 1. The van der Waals surface area contributed by atoms with Crippen molar-refractivity contribution in [3.63, 3.8) is 0 Å². The summed E-state index contributed by atoms with van der Waals surface area (Å²) in [6, 6.07) is 14.9. The summed E-state index contributed by atoms with van der Waals surface area (Å²) in [5.41, 5.74) is 1.17. The van der Waals surface area contributed by atoms with Crippen LogP contribution in [0.3, 0.4) is 0 Å². The van der Waals surface area contributed by atoms with Crippen LogP contribution in [0.4, 0.5) is 0 Å². The standard InChI is InChI=1S/C15H13ClN2O2S/c1-11(13-5-3-2-4-6-13)18-21(19,20)15-8-7-12(10-17)9-14(15)16/h2-9,11,18H,1H3. The van der Waals surface area contributed by atoms with E-state index in [1.54, 1.807) is 6.92 Å². The van der Waals surface area contributed by atoms with Gasteiger partial charge in [0.1, 0.15) is 4.90 Å². The lowest BCUT2D eigenvalue weighted by Gasteiger charge is -2.15. The van der Waals surface area contributed by atoms with E-state index in [0.29, 0.717) is 5.56 Å². The van der Waals surface area contributed by atoms with Crippen LogP contribution in [0.1, 0.15) is 24.1 Å². The zero-order valence-corrected chi connectivity index (χ0v) is 12.8. The predicted molar refractivity (Wildman–Crippen MR) is 81.3 cm³/mol. The van der Waals surface area contributed by atoms with Crippen molar-refractivity contribution in [3.8, 4) is 6.07 Å². The molecule has 2 rings (SSSR count).